The highest BCUT2D eigenvalue weighted by atomic mass is 16.5. The fourth-order valence-electron chi connectivity index (χ4n) is 1.66. The van der Waals surface area contributed by atoms with Gasteiger partial charge in [0, 0.05) is 6.20 Å². The Bertz CT molecular complexity index is 588. The van der Waals surface area contributed by atoms with E-state index < -0.39 is 0 Å². The molecule has 0 aliphatic carbocycles. The zero-order chi connectivity index (χ0) is 13.2. The zero-order valence-corrected chi connectivity index (χ0v) is 10.4. The van der Waals surface area contributed by atoms with E-state index in [9.17, 15) is 4.79 Å². The molecule has 0 radical (unpaired) electrons. The van der Waals surface area contributed by atoms with Crippen molar-refractivity contribution in [2.45, 2.75) is 13.0 Å². The van der Waals surface area contributed by atoms with Gasteiger partial charge < -0.3 is 10.1 Å². The van der Waals surface area contributed by atoms with Crippen molar-refractivity contribution in [1.82, 2.24) is 20.0 Å². The number of anilines is 1. The van der Waals surface area contributed by atoms with Crippen LogP contribution in [0, 0.1) is 6.92 Å². The SMILES string of the molecule is Cc1ccc(NC(=O)c2cn(C3COC3)nn2)nc1. The molecule has 2 aromatic rings. The second kappa shape index (κ2) is 4.77. The average molecular weight is 259 g/mol. The van der Waals surface area contributed by atoms with Crippen molar-refractivity contribution in [1.29, 1.82) is 0 Å². The summed E-state index contributed by atoms with van der Waals surface area (Å²) in [5.41, 5.74) is 1.31. The molecule has 1 aliphatic rings. The van der Waals surface area contributed by atoms with E-state index in [1.54, 1.807) is 23.1 Å². The number of nitrogens with one attached hydrogen (secondary N) is 1. The highest BCUT2D eigenvalue weighted by Gasteiger charge is 2.23. The van der Waals surface area contributed by atoms with Crippen molar-refractivity contribution < 1.29 is 9.53 Å². The van der Waals surface area contributed by atoms with Gasteiger partial charge >= 0.3 is 0 Å². The summed E-state index contributed by atoms with van der Waals surface area (Å²) in [6.45, 7) is 3.17. The Morgan fingerprint density at radius 2 is 2.32 bits per heavy atom. The average Bonchev–Trinajstić information content (AvgIpc) is 2.79. The Labute approximate surface area is 109 Å². The molecule has 0 aromatic carbocycles. The quantitative estimate of drug-likeness (QED) is 0.881. The van der Waals surface area contributed by atoms with E-state index in [0.29, 0.717) is 19.0 Å². The van der Waals surface area contributed by atoms with Gasteiger partial charge in [-0.3, -0.25) is 4.79 Å². The number of pyridine rings is 1. The normalized spacial score (nSPS) is 15.0. The number of amides is 1. The fraction of sp³-hybridized carbons (Fsp3) is 0.333. The predicted octanol–water partition coefficient (Wildman–Crippen LogP) is 0.805. The van der Waals surface area contributed by atoms with E-state index in [1.807, 2.05) is 13.0 Å². The lowest BCUT2D eigenvalue weighted by Gasteiger charge is -2.25. The number of hydrogen-bond acceptors (Lipinski definition) is 5. The van der Waals surface area contributed by atoms with Crippen LogP contribution in [0.1, 0.15) is 22.1 Å². The molecule has 3 rings (SSSR count). The van der Waals surface area contributed by atoms with E-state index in [1.165, 1.54) is 0 Å². The summed E-state index contributed by atoms with van der Waals surface area (Å²) >= 11 is 0. The van der Waals surface area contributed by atoms with Gasteiger partial charge in [0.15, 0.2) is 5.69 Å². The number of ether oxygens (including phenoxy) is 1. The van der Waals surface area contributed by atoms with Crippen LogP contribution in [0.4, 0.5) is 5.82 Å². The van der Waals surface area contributed by atoms with E-state index in [4.69, 9.17) is 4.74 Å². The molecule has 0 unspecified atom stereocenters. The van der Waals surface area contributed by atoms with Crippen molar-refractivity contribution in [2.75, 3.05) is 18.5 Å². The lowest BCUT2D eigenvalue weighted by atomic mass is 10.3. The minimum atomic E-state index is -0.317. The van der Waals surface area contributed by atoms with Crippen molar-refractivity contribution in [3.63, 3.8) is 0 Å². The molecule has 2 aromatic heterocycles. The lowest BCUT2D eigenvalue weighted by Crippen LogP contribution is -2.31. The third-order valence-corrected chi connectivity index (χ3v) is 2.89. The molecular formula is C12H13N5O2. The maximum atomic E-state index is 11.9. The maximum absolute atomic E-state index is 11.9. The van der Waals surface area contributed by atoms with Crippen molar-refractivity contribution in [3.8, 4) is 0 Å². The molecule has 19 heavy (non-hydrogen) atoms. The molecule has 3 heterocycles. The largest absolute Gasteiger partial charge is 0.377 e. The third kappa shape index (κ3) is 2.45. The number of nitrogens with zero attached hydrogens (tertiary/aromatic N) is 4. The lowest BCUT2D eigenvalue weighted by molar-refractivity contribution is -0.0293. The van der Waals surface area contributed by atoms with Crippen LogP contribution in [-0.4, -0.2) is 39.1 Å². The van der Waals surface area contributed by atoms with Gasteiger partial charge in [0.05, 0.1) is 19.4 Å². The predicted molar refractivity (Wildman–Crippen MR) is 66.8 cm³/mol. The van der Waals surface area contributed by atoms with Crippen LogP contribution in [0.25, 0.3) is 0 Å². The second-order valence-electron chi connectivity index (χ2n) is 4.45. The minimum absolute atomic E-state index is 0.187. The monoisotopic (exact) mass is 259 g/mol. The molecule has 7 nitrogen and oxygen atoms in total. The smallest absolute Gasteiger partial charge is 0.278 e. The Kier molecular flexibility index (Phi) is 2.96. The van der Waals surface area contributed by atoms with E-state index in [2.05, 4.69) is 20.6 Å². The van der Waals surface area contributed by atoms with E-state index in [0.717, 1.165) is 5.56 Å². The number of carbonyl (C=O) groups excluding carboxylic acids is 1. The third-order valence-electron chi connectivity index (χ3n) is 2.89. The Hall–Kier alpha value is -2.28. The van der Waals surface area contributed by atoms with Crippen LogP contribution < -0.4 is 5.32 Å². The van der Waals surface area contributed by atoms with Gasteiger partial charge in [-0.2, -0.15) is 0 Å². The number of rotatable bonds is 3. The van der Waals surface area contributed by atoms with Crippen molar-refractivity contribution in [3.05, 3.63) is 35.8 Å². The summed E-state index contributed by atoms with van der Waals surface area (Å²) in [4.78, 5) is 16.0. The van der Waals surface area contributed by atoms with Crippen LogP contribution >= 0.6 is 0 Å². The van der Waals surface area contributed by atoms with Crippen LogP contribution in [0.2, 0.25) is 0 Å². The molecule has 1 N–H and O–H groups in total. The van der Waals surface area contributed by atoms with Crippen LogP contribution in [0.5, 0.6) is 0 Å². The summed E-state index contributed by atoms with van der Waals surface area (Å²) in [6, 6.07) is 3.81. The standard InChI is InChI=1S/C12H13N5O2/c1-8-2-3-11(13-4-8)14-12(18)10-5-17(16-15-10)9-6-19-7-9/h2-5,9H,6-7H2,1H3,(H,13,14,18). The van der Waals surface area contributed by atoms with Crippen molar-refractivity contribution >= 4 is 11.7 Å². The molecule has 7 heteroatoms. The van der Waals surface area contributed by atoms with Crippen LogP contribution in [0.3, 0.4) is 0 Å². The molecule has 0 bridgehead atoms. The summed E-state index contributed by atoms with van der Waals surface area (Å²) in [5.74, 6) is 0.181. The Morgan fingerprint density at radius 1 is 1.47 bits per heavy atom. The topological polar surface area (TPSA) is 81.9 Å². The molecule has 1 aliphatic heterocycles. The molecule has 1 fully saturated rings. The van der Waals surface area contributed by atoms with Gasteiger partial charge in [-0.1, -0.05) is 11.3 Å². The summed E-state index contributed by atoms with van der Waals surface area (Å²) in [5, 5.41) is 10.4. The number of aryl methyl sites for hydroxylation is 1. The van der Waals surface area contributed by atoms with E-state index >= 15 is 0 Å². The molecule has 0 atom stereocenters. The first-order valence-corrected chi connectivity index (χ1v) is 5.96. The first-order chi connectivity index (χ1) is 9.22. The molecule has 0 saturated carbocycles. The van der Waals surface area contributed by atoms with Gasteiger partial charge in [0.25, 0.3) is 5.91 Å². The van der Waals surface area contributed by atoms with Crippen LogP contribution in [0.15, 0.2) is 24.5 Å². The van der Waals surface area contributed by atoms with Gasteiger partial charge in [0.1, 0.15) is 11.9 Å². The number of aromatic nitrogens is 4. The zero-order valence-electron chi connectivity index (χ0n) is 10.4. The number of hydrogen-bond donors (Lipinski definition) is 1. The highest BCUT2D eigenvalue weighted by Crippen LogP contribution is 2.15. The molecule has 98 valence electrons. The molecule has 0 spiro atoms. The van der Waals surface area contributed by atoms with Gasteiger partial charge in [-0.25, -0.2) is 9.67 Å². The first kappa shape index (κ1) is 11.8. The fourth-order valence-corrected chi connectivity index (χ4v) is 1.66. The van der Waals surface area contributed by atoms with Gasteiger partial charge in [-0.05, 0) is 18.6 Å². The summed E-state index contributed by atoms with van der Waals surface area (Å²) < 4.78 is 6.72. The molecule has 1 saturated heterocycles. The Balaban J connectivity index is 1.69. The van der Waals surface area contributed by atoms with E-state index in [-0.39, 0.29) is 17.6 Å². The summed E-state index contributed by atoms with van der Waals surface area (Å²) in [7, 11) is 0. The first-order valence-electron chi connectivity index (χ1n) is 5.96. The molecular weight excluding hydrogens is 246 g/mol. The minimum Gasteiger partial charge on any atom is -0.377 e. The maximum Gasteiger partial charge on any atom is 0.278 e. The molecule has 1 amide bonds. The van der Waals surface area contributed by atoms with Crippen LogP contribution in [-0.2, 0) is 4.74 Å². The summed E-state index contributed by atoms with van der Waals surface area (Å²) in [6.07, 6.45) is 3.31. The Morgan fingerprint density at radius 3 is 2.95 bits per heavy atom. The van der Waals surface area contributed by atoms with Gasteiger partial charge in [-0.15, -0.1) is 5.10 Å². The second-order valence-corrected chi connectivity index (χ2v) is 4.45. The van der Waals surface area contributed by atoms with Gasteiger partial charge in [0.2, 0.25) is 0 Å². The van der Waals surface area contributed by atoms with Crippen molar-refractivity contribution in [2.24, 2.45) is 0 Å². The highest BCUT2D eigenvalue weighted by molar-refractivity contribution is 6.02. The number of carbonyl (C=O) groups is 1.